The van der Waals surface area contributed by atoms with E-state index in [-0.39, 0.29) is 32.6 Å². The molecule has 13 heteroatoms. The molecule has 29 heavy (non-hydrogen) atoms. The summed E-state index contributed by atoms with van der Waals surface area (Å²) >= 11 is 6.01. The molecule has 0 spiro atoms. The van der Waals surface area contributed by atoms with Gasteiger partial charge in [0.05, 0.1) is 11.4 Å². The third-order valence-electron chi connectivity index (χ3n) is 3.54. The van der Waals surface area contributed by atoms with E-state index in [1.54, 1.807) is 5.32 Å². The molecule has 1 heterocycles. The van der Waals surface area contributed by atoms with Crippen molar-refractivity contribution in [2.45, 2.75) is 12.1 Å². The minimum absolute atomic E-state index is 0.0310. The minimum atomic E-state index is -5.13. The predicted octanol–water partition coefficient (Wildman–Crippen LogP) is 4.79. The van der Waals surface area contributed by atoms with Gasteiger partial charge >= 0.3 is 18.2 Å². The first kappa shape index (κ1) is 23.0. The van der Waals surface area contributed by atoms with Crippen LogP contribution in [0, 0.1) is 11.6 Å². The van der Waals surface area contributed by atoms with Crippen molar-refractivity contribution < 1.29 is 36.6 Å². The second-order valence-electron chi connectivity index (χ2n) is 5.59. The average molecular weight is 547 g/mol. The van der Waals surface area contributed by atoms with Crippen LogP contribution in [0.15, 0.2) is 33.3 Å². The zero-order valence-corrected chi connectivity index (χ0v) is 17.1. The molecule has 2 aromatic rings. The molecule has 156 valence electrons. The van der Waals surface area contributed by atoms with E-state index in [9.17, 15) is 31.5 Å². The smallest absolute Gasteiger partial charge is 0.465 e. The highest BCUT2D eigenvalue weighted by Gasteiger charge is 2.39. The van der Waals surface area contributed by atoms with Gasteiger partial charge in [-0.3, -0.25) is 4.79 Å². The fourth-order valence-corrected chi connectivity index (χ4v) is 3.34. The van der Waals surface area contributed by atoms with Crippen LogP contribution >= 0.6 is 31.9 Å². The molecule has 0 aliphatic rings. The van der Waals surface area contributed by atoms with E-state index in [0.717, 1.165) is 18.2 Å². The van der Waals surface area contributed by atoms with Crippen LogP contribution in [0.4, 0.5) is 32.4 Å². The first-order chi connectivity index (χ1) is 13.4. The van der Waals surface area contributed by atoms with Gasteiger partial charge in [0.1, 0.15) is 16.2 Å². The van der Waals surface area contributed by atoms with Crippen molar-refractivity contribution in [1.82, 2.24) is 10.3 Å². The Morgan fingerprint density at radius 1 is 1.10 bits per heavy atom. The maximum Gasteiger partial charge on any atom is 0.471 e. The van der Waals surface area contributed by atoms with Gasteiger partial charge in [-0.25, -0.2) is 18.6 Å². The molecular weight excluding hydrogens is 537 g/mol. The Morgan fingerprint density at radius 2 is 1.69 bits per heavy atom. The van der Waals surface area contributed by atoms with Gasteiger partial charge in [0, 0.05) is 23.0 Å². The lowest BCUT2D eigenvalue weighted by Crippen LogP contribution is -2.30. The Morgan fingerprint density at radius 3 is 2.21 bits per heavy atom. The number of amides is 2. The molecule has 3 N–H and O–H groups in total. The largest absolute Gasteiger partial charge is 0.471 e. The van der Waals surface area contributed by atoms with Crippen molar-refractivity contribution in [2.24, 2.45) is 0 Å². The second kappa shape index (κ2) is 9.03. The lowest BCUT2D eigenvalue weighted by Gasteiger charge is -2.20. The third kappa shape index (κ3) is 6.10. The van der Waals surface area contributed by atoms with Gasteiger partial charge in [-0.15, -0.1) is 0 Å². The lowest BCUT2D eigenvalue weighted by atomic mass is 9.94. The molecular formula is C16H10Br2F5N3O3. The molecule has 6 nitrogen and oxygen atoms in total. The molecule has 0 aliphatic carbocycles. The first-order valence-electron chi connectivity index (χ1n) is 7.55. The van der Waals surface area contributed by atoms with E-state index in [0.29, 0.717) is 6.07 Å². The van der Waals surface area contributed by atoms with Crippen LogP contribution in [0.1, 0.15) is 17.2 Å². The molecule has 0 radical (unpaired) electrons. The number of nitrogens with zero attached hydrogens (tertiary/aromatic N) is 1. The Kier molecular flexibility index (Phi) is 7.16. The van der Waals surface area contributed by atoms with E-state index in [4.69, 9.17) is 5.11 Å². The number of hydrogen-bond donors (Lipinski definition) is 3. The molecule has 1 atom stereocenters. The number of rotatable bonds is 5. The first-order valence-corrected chi connectivity index (χ1v) is 9.14. The minimum Gasteiger partial charge on any atom is -0.465 e. The Labute approximate surface area is 176 Å². The Hall–Kier alpha value is -2.28. The van der Waals surface area contributed by atoms with Gasteiger partial charge in [0.25, 0.3) is 0 Å². The van der Waals surface area contributed by atoms with Gasteiger partial charge in [-0.05, 0) is 55.6 Å². The van der Waals surface area contributed by atoms with E-state index < -0.39 is 35.7 Å². The summed E-state index contributed by atoms with van der Waals surface area (Å²) in [5.41, 5.74) is -0.234. The second-order valence-corrected chi connectivity index (χ2v) is 7.19. The number of aromatic nitrogens is 1. The van der Waals surface area contributed by atoms with Crippen LogP contribution < -0.4 is 10.6 Å². The summed E-state index contributed by atoms with van der Waals surface area (Å²) in [5, 5.41) is 12.6. The summed E-state index contributed by atoms with van der Waals surface area (Å²) < 4.78 is 64.5. The number of pyridine rings is 1. The molecule has 1 aromatic heterocycles. The topological polar surface area (TPSA) is 91.3 Å². The molecule has 0 saturated carbocycles. The number of carboxylic acid groups (broad SMARTS) is 1. The van der Waals surface area contributed by atoms with Crippen LogP contribution in [-0.4, -0.2) is 34.8 Å². The third-order valence-corrected chi connectivity index (χ3v) is 4.78. The summed E-state index contributed by atoms with van der Waals surface area (Å²) in [4.78, 5) is 26.0. The number of halogens is 7. The molecule has 2 amide bonds. The fraction of sp³-hybridized carbons (Fsp3) is 0.188. The normalized spacial score (nSPS) is 12.4. The Balaban J connectivity index is 2.49. The van der Waals surface area contributed by atoms with Crippen LogP contribution in [0.25, 0.3) is 0 Å². The number of benzene rings is 1. The summed E-state index contributed by atoms with van der Waals surface area (Å²) in [6.07, 6.45) is -6.53. The quantitative estimate of drug-likeness (QED) is 0.372. The van der Waals surface area contributed by atoms with E-state index >= 15 is 0 Å². The zero-order chi connectivity index (χ0) is 21.9. The lowest BCUT2D eigenvalue weighted by molar-refractivity contribution is -0.167. The van der Waals surface area contributed by atoms with E-state index in [2.05, 4.69) is 42.2 Å². The monoisotopic (exact) mass is 545 g/mol. The van der Waals surface area contributed by atoms with Gasteiger partial charge < -0.3 is 15.7 Å². The number of carbonyl (C=O) groups is 2. The van der Waals surface area contributed by atoms with Gasteiger partial charge in [-0.2, -0.15) is 13.2 Å². The molecule has 0 bridgehead atoms. The van der Waals surface area contributed by atoms with Crippen molar-refractivity contribution in [3.63, 3.8) is 0 Å². The fourth-order valence-electron chi connectivity index (χ4n) is 2.34. The standard InChI is InChI=1S/C16H10Br2F5N3O3/c17-10-4-11(25-14(27)16(21,22)23)13(18)26-12(10)9(5-24-15(28)29)6-1-7(19)3-8(20)2-6/h1-4,9,24H,5H2,(H,25,27)(H,28,29). The summed E-state index contributed by atoms with van der Waals surface area (Å²) in [7, 11) is 0. The Bertz CT molecular complexity index is 936. The van der Waals surface area contributed by atoms with Crippen molar-refractivity contribution in [3.05, 3.63) is 56.2 Å². The summed E-state index contributed by atoms with van der Waals surface area (Å²) in [6.45, 7) is -0.343. The van der Waals surface area contributed by atoms with Crippen molar-refractivity contribution >= 4 is 49.5 Å². The highest BCUT2D eigenvalue weighted by molar-refractivity contribution is 9.11. The molecule has 0 saturated heterocycles. The number of anilines is 1. The van der Waals surface area contributed by atoms with Gasteiger partial charge in [0.15, 0.2) is 0 Å². The number of nitrogens with one attached hydrogen (secondary N) is 2. The van der Waals surface area contributed by atoms with Crippen LogP contribution in [0.3, 0.4) is 0 Å². The van der Waals surface area contributed by atoms with Crippen LogP contribution in [0.5, 0.6) is 0 Å². The van der Waals surface area contributed by atoms with Crippen LogP contribution in [0.2, 0.25) is 0 Å². The zero-order valence-electron chi connectivity index (χ0n) is 14.0. The number of carbonyl (C=O) groups excluding carboxylic acids is 1. The van der Waals surface area contributed by atoms with E-state index in [1.807, 2.05) is 0 Å². The molecule has 0 fully saturated rings. The summed E-state index contributed by atoms with van der Waals surface area (Å²) in [6, 6.07) is 3.66. The maximum absolute atomic E-state index is 13.6. The highest BCUT2D eigenvalue weighted by atomic mass is 79.9. The van der Waals surface area contributed by atoms with Gasteiger partial charge in [0.2, 0.25) is 0 Å². The highest BCUT2D eigenvalue weighted by Crippen LogP contribution is 2.35. The van der Waals surface area contributed by atoms with Gasteiger partial charge in [-0.1, -0.05) is 0 Å². The van der Waals surface area contributed by atoms with Crippen molar-refractivity contribution in [1.29, 1.82) is 0 Å². The molecule has 0 aliphatic heterocycles. The van der Waals surface area contributed by atoms with Crippen LogP contribution in [-0.2, 0) is 4.79 Å². The average Bonchev–Trinajstić information content (AvgIpc) is 2.57. The predicted molar refractivity (Wildman–Crippen MR) is 98.6 cm³/mol. The number of alkyl halides is 3. The SMILES string of the molecule is O=C(O)NCC(c1cc(F)cc(F)c1)c1nc(Br)c(NC(=O)C(F)(F)F)cc1Br. The maximum atomic E-state index is 13.6. The molecule has 2 rings (SSSR count). The van der Waals surface area contributed by atoms with E-state index in [1.165, 1.54) is 0 Å². The number of hydrogen-bond acceptors (Lipinski definition) is 3. The van der Waals surface area contributed by atoms with Crippen molar-refractivity contribution in [3.8, 4) is 0 Å². The summed E-state index contributed by atoms with van der Waals surface area (Å²) in [5.74, 6) is -5.06. The molecule has 1 aromatic carbocycles. The molecule has 1 unspecified atom stereocenters. The van der Waals surface area contributed by atoms with Crippen molar-refractivity contribution in [2.75, 3.05) is 11.9 Å².